The first-order chi connectivity index (χ1) is 18.7. The average molecular weight is 539 g/mol. The minimum Gasteiger partial charge on any atom is -0.465 e. The number of likely N-dealkylation sites (tertiary alicyclic amines) is 1. The Bertz CT molecular complexity index is 1090. The molecule has 2 unspecified atom stereocenters. The Labute approximate surface area is 231 Å². The van der Waals surface area contributed by atoms with Gasteiger partial charge < -0.3 is 24.4 Å². The molecule has 1 aromatic carbocycles. The van der Waals surface area contributed by atoms with Crippen molar-refractivity contribution in [2.24, 2.45) is 11.8 Å². The number of carbonyl (C=O) groups is 3. The van der Waals surface area contributed by atoms with Crippen LogP contribution in [0, 0.1) is 11.8 Å². The average Bonchev–Trinajstić information content (AvgIpc) is 3.54. The largest absolute Gasteiger partial charge is 0.465 e. The van der Waals surface area contributed by atoms with Crippen LogP contribution in [0.15, 0.2) is 55.6 Å². The first kappa shape index (κ1) is 29.0. The van der Waals surface area contributed by atoms with Crippen LogP contribution in [-0.2, 0) is 30.3 Å². The lowest BCUT2D eigenvalue weighted by Crippen LogP contribution is -2.60. The normalized spacial score (nSPS) is 29.8. The molecule has 3 fully saturated rings. The molecule has 0 radical (unpaired) electrons. The topological polar surface area (TPSA) is 96.4 Å². The van der Waals surface area contributed by atoms with Crippen molar-refractivity contribution in [3.8, 4) is 0 Å². The Morgan fingerprint density at radius 1 is 1.23 bits per heavy atom. The molecule has 1 spiro atoms. The van der Waals surface area contributed by atoms with Gasteiger partial charge in [0.2, 0.25) is 11.8 Å². The fraction of sp³-hybridized carbons (Fsp3) is 0.581. The molecule has 39 heavy (non-hydrogen) atoms. The van der Waals surface area contributed by atoms with Gasteiger partial charge >= 0.3 is 5.97 Å². The maximum atomic E-state index is 14.5. The van der Waals surface area contributed by atoms with Crippen molar-refractivity contribution in [3.05, 3.63) is 61.2 Å². The summed E-state index contributed by atoms with van der Waals surface area (Å²) in [5, 5.41) is 10.6. The van der Waals surface area contributed by atoms with E-state index in [1.165, 1.54) is 4.90 Å². The first-order valence-corrected chi connectivity index (χ1v) is 14.1. The summed E-state index contributed by atoms with van der Waals surface area (Å²) in [7, 11) is 0. The molecule has 3 saturated heterocycles. The minimum atomic E-state index is -1.18. The maximum Gasteiger partial charge on any atom is 0.312 e. The van der Waals surface area contributed by atoms with E-state index >= 15 is 0 Å². The molecule has 212 valence electrons. The van der Waals surface area contributed by atoms with E-state index < -0.39 is 41.1 Å². The van der Waals surface area contributed by atoms with Gasteiger partial charge in [0.1, 0.15) is 17.6 Å². The summed E-state index contributed by atoms with van der Waals surface area (Å²) >= 11 is 0. The molecule has 0 saturated carbocycles. The predicted molar refractivity (Wildman–Crippen MR) is 148 cm³/mol. The fourth-order valence-corrected chi connectivity index (χ4v) is 7.01. The molecule has 3 heterocycles. The Balaban J connectivity index is 1.81. The number of hydrogen-bond donors (Lipinski definition) is 1. The Kier molecular flexibility index (Phi) is 8.66. The summed E-state index contributed by atoms with van der Waals surface area (Å²) in [5.74, 6) is -2.73. The maximum absolute atomic E-state index is 14.5. The number of esters is 1. The standard InChI is InChI=1S/C31H42N2O6/c1-6-9-18-38-29(37)25-24-27(35)33(23(20-34)19-22-13-11-10-12-14-22)26(28(36)32(17-7-2)21(4)5)31(24)16-15-30(25,8-3)39-31/h6-7,10-14,21,23-26,34H,1-2,8-9,15-20H2,3-5H3/t23-,24+,25-,26?,30+,31?/m1/s1. The van der Waals surface area contributed by atoms with Gasteiger partial charge in [-0.1, -0.05) is 49.4 Å². The van der Waals surface area contributed by atoms with Crippen LogP contribution >= 0.6 is 0 Å². The molecule has 3 aliphatic heterocycles. The van der Waals surface area contributed by atoms with Gasteiger partial charge in [0, 0.05) is 12.6 Å². The van der Waals surface area contributed by atoms with Gasteiger partial charge in [0.25, 0.3) is 0 Å². The number of fused-ring (bicyclic) bond motifs is 1. The molecule has 4 rings (SSSR count). The van der Waals surface area contributed by atoms with Gasteiger partial charge in [-0.2, -0.15) is 0 Å². The quantitative estimate of drug-likeness (QED) is 0.235. The van der Waals surface area contributed by atoms with Crippen LogP contribution in [0.4, 0.5) is 0 Å². The number of aliphatic hydroxyl groups excluding tert-OH is 1. The third-order valence-electron chi connectivity index (χ3n) is 8.82. The number of nitrogens with zero attached hydrogens (tertiary/aromatic N) is 2. The van der Waals surface area contributed by atoms with Crippen molar-refractivity contribution in [1.29, 1.82) is 0 Å². The summed E-state index contributed by atoms with van der Waals surface area (Å²) in [6, 6.07) is 7.80. The van der Waals surface area contributed by atoms with Gasteiger partial charge in [-0.15, -0.1) is 13.2 Å². The van der Waals surface area contributed by atoms with Crippen molar-refractivity contribution in [3.63, 3.8) is 0 Å². The van der Waals surface area contributed by atoms with Crippen LogP contribution < -0.4 is 0 Å². The summed E-state index contributed by atoms with van der Waals surface area (Å²) in [6.07, 6.45) is 5.77. The Morgan fingerprint density at radius 2 is 1.95 bits per heavy atom. The summed E-state index contributed by atoms with van der Waals surface area (Å²) in [6.45, 7) is 13.5. The molecule has 1 N–H and O–H groups in total. The molecule has 0 aliphatic carbocycles. The number of hydrogen-bond acceptors (Lipinski definition) is 6. The van der Waals surface area contributed by atoms with Crippen LogP contribution in [0.3, 0.4) is 0 Å². The highest BCUT2D eigenvalue weighted by Crippen LogP contribution is 2.65. The monoisotopic (exact) mass is 538 g/mol. The zero-order valence-electron chi connectivity index (χ0n) is 23.4. The van der Waals surface area contributed by atoms with E-state index in [0.29, 0.717) is 38.6 Å². The highest BCUT2D eigenvalue weighted by Gasteiger charge is 2.79. The van der Waals surface area contributed by atoms with E-state index in [1.807, 2.05) is 51.1 Å². The Morgan fingerprint density at radius 3 is 2.54 bits per heavy atom. The second kappa shape index (κ2) is 11.6. The summed E-state index contributed by atoms with van der Waals surface area (Å²) < 4.78 is 12.4. The van der Waals surface area contributed by atoms with E-state index in [9.17, 15) is 19.5 Å². The van der Waals surface area contributed by atoms with Crippen molar-refractivity contribution in [1.82, 2.24) is 9.80 Å². The van der Waals surface area contributed by atoms with Crippen molar-refractivity contribution < 1.29 is 29.0 Å². The van der Waals surface area contributed by atoms with E-state index in [2.05, 4.69) is 13.2 Å². The summed E-state index contributed by atoms with van der Waals surface area (Å²) in [5.41, 5.74) is -1.11. The minimum absolute atomic E-state index is 0.150. The number of aliphatic hydroxyl groups is 1. The molecular weight excluding hydrogens is 496 g/mol. The molecule has 2 bridgehead atoms. The fourth-order valence-electron chi connectivity index (χ4n) is 7.01. The molecule has 8 nitrogen and oxygen atoms in total. The zero-order chi connectivity index (χ0) is 28.4. The van der Waals surface area contributed by atoms with E-state index in [-0.39, 0.29) is 31.1 Å². The molecule has 3 aliphatic rings. The number of ether oxygens (including phenoxy) is 2. The zero-order valence-corrected chi connectivity index (χ0v) is 23.4. The highest BCUT2D eigenvalue weighted by molar-refractivity contribution is 5.99. The SMILES string of the molecule is C=CCCOC(=O)[C@H]1[C@H]2C(=O)N([C@@H](CO)Cc3ccccc3)C(C(=O)N(CC=C)C(C)C)C23CC[C@]1(CC)O3. The van der Waals surface area contributed by atoms with E-state index in [4.69, 9.17) is 9.47 Å². The molecular formula is C31H42N2O6. The van der Waals surface area contributed by atoms with Gasteiger partial charge in [-0.25, -0.2) is 0 Å². The van der Waals surface area contributed by atoms with Gasteiger partial charge in [-0.05, 0) is 51.5 Å². The number of amides is 2. The van der Waals surface area contributed by atoms with Gasteiger partial charge in [0.05, 0.1) is 30.8 Å². The van der Waals surface area contributed by atoms with Gasteiger partial charge in [0.15, 0.2) is 0 Å². The molecule has 1 aromatic rings. The molecule has 8 heteroatoms. The third-order valence-corrected chi connectivity index (χ3v) is 8.82. The number of carbonyl (C=O) groups excluding carboxylic acids is 3. The van der Waals surface area contributed by atoms with Crippen LogP contribution in [-0.4, -0.2) is 81.8 Å². The van der Waals surface area contributed by atoms with Crippen molar-refractivity contribution >= 4 is 17.8 Å². The highest BCUT2D eigenvalue weighted by atomic mass is 16.6. The third kappa shape index (κ3) is 4.82. The lowest BCUT2D eigenvalue weighted by atomic mass is 9.65. The number of rotatable bonds is 13. The van der Waals surface area contributed by atoms with Crippen LogP contribution in [0.5, 0.6) is 0 Å². The van der Waals surface area contributed by atoms with E-state index in [1.54, 1.807) is 17.1 Å². The van der Waals surface area contributed by atoms with Crippen LogP contribution in [0.2, 0.25) is 0 Å². The van der Waals surface area contributed by atoms with Crippen LogP contribution in [0.1, 0.15) is 52.0 Å². The van der Waals surface area contributed by atoms with Crippen molar-refractivity contribution in [2.75, 3.05) is 19.8 Å². The second-order valence-electron chi connectivity index (χ2n) is 11.2. The molecule has 2 amide bonds. The van der Waals surface area contributed by atoms with Crippen molar-refractivity contribution in [2.45, 2.75) is 82.2 Å². The molecule has 0 aromatic heterocycles. The van der Waals surface area contributed by atoms with Gasteiger partial charge in [-0.3, -0.25) is 14.4 Å². The lowest BCUT2D eigenvalue weighted by Gasteiger charge is -2.40. The summed E-state index contributed by atoms with van der Waals surface area (Å²) in [4.78, 5) is 45.6. The number of benzene rings is 1. The lowest BCUT2D eigenvalue weighted by molar-refractivity contribution is -0.163. The Hall–Kier alpha value is -2.97. The smallest absolute Gasteiger partial charge is 0.312 e. The predicted octanol–water partition coefficient (Wildman–Crippen LogP) is 3.29. The first-order valence-electron chi connectivity index (χ1n) is 14.1. The van der Waals surface area contributed by atoms with Crippen LogP contribution in [0.25, 0.3) is 0 Å². The van der Waals surface area contributed by atoms with E-state index in [0.717, 1.165) is 5.56 Å². The molecule has 6 atom stereocenters. The second-order valence-corrected chi connectivity index (χ2v) is 11.2.